The van der Waals surface area contributed by atoms with Gasteiger partial charge in [0.15, 0.2) is 18.1 Å². The predicted molar refractivity (Wildman–Crippen MR) is 80.8 cm³/mol. The molecule has 0 fully saturated rings. The van der Waals surface area contributed by atoms with Crippen molar-refractivity contribution in [3.63, 3.8) is 0 Å². The third-order valence-electron chi connectivity index (χ3n) is 2.87. The summed E-state index contributed by atoms with van der Waals surface area (Å²) in [6.07, 6.45) is 1.55. The predicted octanol–water partition coefficient (Wildman–Crippen LogP) is 0.728. The first-order valence-electron chi connectivity index (χ1n) is 6.96. The van der Waals surface area contributed by atoms with E-state index in [4.69, 9.17) is 19.9 Å². The van der Waals surface area contributed by atoms with Crippen LogP contribution in [0, 0.1) is 0 Å². The van der Waals surface area contributed by atoms with Crippen LogP contribution in [0.5, 0.6) is 11.5 Å². The first-order valence-corrected chi connectivity index (χ1v) is 6.96. The van der Waals surface area contributed by atoms with E-state index < -0.39 is 0 Å². The lowest BCUT2D eigenvalue weighted by Gasteiger charge is -2.12. The van der Waals surface area contributed by atoms with Gasteiger partial charge in [-0.15, -0.1) is 0 Å². The van der Waals surface area contributed by atoms with Gasteiger partial charge in [-0.05, 0) is 37.1 Å². The molecule has 0 aliphatic heterocycles. The summed E-state index contributed by atoms with van der Waals surface area (Å²) in [5.41, 5.74) is 6.60. The normalized spacial score (nSPS) is 10.2. The molecule has 1 aromatic carbocycles. The van der Waals surface area contributed by atoms with Crippen LogP contribution in [0.25, 0.3) is 0 Å². The molecule has 6 nitrogen and oxygen atoms in total. The molecule has 3 N–H and O–H groups in total. The largest absolute Gasteiger partial charge is 0.493 e. The minimum absolute atomic E-state index is 0.0421. The van der Waals surface area contributed by atoms with Crippen LogP contribution in [-0.4, -0.2) is 46.4 Å². The zero-order chi connectivity index (χ0) is 15.5. The third-order valence-corrected chi connectivity index (χ3v) is 2.87. The monoisotopic (exact) mass is 296 g/mol. The second-order valence-corrected chi connectivity index (χ2v) is 4.51. The molecule has 0 saturated heterocycles. The van der Waals surface area contributed by atoms with Gasteiger partial charge in [0, 0.05) is 20.3 Å². The lowest BCUT2D eigenvalue weighted by molar-refractivity contribution is -0.123. The lowest BCUT2D eigenvalue weighted by atomic mass is 10.1. The zero-order valence-corrected chi connectivity index (χ0v) is 12.7. The van der Waals surface area contributed by atoms with E-state index in [1.54, 1.807) is 20.3 Å². The molecule has 6 heteroatoms. The molecule has 0 spiro atoms. The molecule has 0 radical (unpaired) electrons. The van der Waals surface area contributed by atoms with Gasteiger partial charge < -0.3 is 25.3 Å². The van der Waals surface area contributed by atoms with Crippen LogP contribution in [0.3, 0.4) is 0 Å². The highest BCUT2D eigenvalue weighted by Gasteiger charge is 2.08. The van der Waals surface area contributed by atoms with Gasteiger partial charge in [0.2, 0.25) is 0 Å². The number of ether oxygens (including phenoxy) is 3. The first kappa shape index (κ1) is 17.3. The topological polar surface area (TPSA) is 82.8 Å². The summed E-state index contributed by atoms with van der Waals surface area (Å²) in [6.45, 7) is 1.73. The Morgan fingerprint density at radius 2 is 2.10 bits per heavy atom. The Kier molecular flexibility index (Phi) is 8.23. The van der Waals surface area contributed by atoms with Crippen LogP contribution in [0.15, 0.2) is 18.2 Å². The van der Waals surface area contributed by atoms with Crippen molar-refractivity contribution in [1.29, 1.82) is 0 Å². The van der Waals surface area contributed by atoms with Crippen molar-refractivity contribution in [3.05, 3.63) is 23.8 Å². The molecule has 0 aromatic heterocycles. The Balaban J connectivity index is 2.45. The van der Waals surface area contributed by atoms with Crippen LogP contribution >= 0.6 is 0 Å². The summed E-state index contributed by atoms with van der Waals surface area (Å²) in [5.74, 6) is 0.984. The number of rotatable bonds is 10. The summed E-state index contributed by atoms with van der Waals surface area (Å²) in [5, 5.41) is 2.76. The summed E-state index contributed by atoms with van der Waals surface area (Å²) < 4.78 is 15.7. The number of nitrogens with two attached hydrogens (primary N) is 1. The molecule has 0 saturated carbocycles. The maximum absolute atomic E-state index is 11.6. The van der Waals surface area contributed by atoms with E-state index in [0.29, 0.717) is 31.2 Å². The van der Waals surface area contributed by atoms with E-state index in [2.05, 4.69) is 5.32 Å². The SMILES string of the molecule is COCCCNC(=O)COc1ccc(CCN)cc1OC. The Bertz CT molecular complexity index is 438. The van der Waals surface area contributed by atoms with Crippen LogP contribution in [0.1, 0.15) is 12.0 Å². The average molecular weight is 296 g/mol. The minimum atomic E-state index is -0.167. The van der Waals surface area contributed by atoms with E-state index in [-0.39, 0.29) is 12.5 Å². The van der Waals surface area contributed by atoms with Gasteiger partial charge in [0.1, 0.15) is 0 Å². The third kappa shape index (κ3) is 6.46. The molecule has 0 aliphatic rings. The van der Waals surface area contributed by atoms with Crippen molar-refractivity contribution >= 4 is 5.91 Å². The first-order chi connectivity index (χ1) is 10.2. The lowest BCUT2D eigenvalue weighted by Crippen LogP contribution is -2.30. The number of hydrogen-bond donors (Lipinski definition) is 2. The molecule has 0 bridgehead atoms. The van der Waals surface area contributed by atoms with Crippen LogP contribution < -0.4 is 20.5 Å². The molecule has 0 aliphatic carbocycles. The number of amides is 1. The van der Waals surface area contributed by atoms with Crippen molar-refractivity contribution in [1.82, 2.24) is 5.32 Å². The fourth-order valence-electron chi connectivity index (χ4n) is 1.79. The molecule has 1 aromatic rings. The van der Waals surface area contributed by atoms with Crippen molar-refractivity contribution < 1.29 is 19.0 Å². The number of carbonyl (C=O) groups excluding carboxylic acids is 1. The maximum atomic E-state index is 11.6. The summed E-state index contributed by atoms with van der Waals surface area (Å²) >= 11 is 0. The van der Waals surface area contributed by atoms with E-state index >= 15 is 0 Å². The Morgan fingerprint density at radius 3 is 2.76 bits per heavy atom. The summed E-state index contributed by atoms with van der Waals surface area (Å²) in [4.78, 5) is 11.6. The fraction of sp³-hybridized carbons (Fsp3) is 0.533. The second-order valence-electron chi connectivity index (χ2n) is 4.51. The van der Waals surface area contributed by atoms with E-state index in [1.165, 1.54) is 0 Å². The number of hydrogen-bond acceptors (Lipinski definition) is 5. The van der Waals surface area contributed by atoms with E-state index in [0.717, 1.165) is 18.4 Å². The Labute approximate surface area is 125 Å². The number of nitrogens with one attached hydrogen (secondary N) is 1. The van der Waals surface area contributed by atoms with E-state index in [9.17, 15) is 4.79 Å². The van der Waals surface area contributed by atoms with Crippen LogP contribution in [-0.2, 0) is 16.0 Å². The Morgan fingerprint density at radius 1 is 1.29 bits per heavy atom. The van der Waals surface area contributed by atoms with Crippen LogP contribution in [0.2, 0.25) is 0 Å². The van der Waals surface area contributed by atoms with Gasteiger partial charge in [0.25, 0.3) is 5.91 Å². The summed E-state index contributed by atoms with van der Waals surface area (Å²) in [6, 6.07) is 5.59. The highest BCUT2D eigenvalue weighted by atomic mass is 16.5. The van der Waals surface area contributed by atoms with Crippen molar-refractivity contribution in [2.45, 2.75) is 12.8 Å². The quantitative estimate of drug-likeness (QED) is 0.622. The van der Waals surface area contributed by atoms with E-state index in [1.807, 2.05) is 12.1 Å². The standard InChI is InChI=1S/C15H24N2O4/c1-19-9-3-8-17-15(18)11-21-13-5-4-12(6-7-16)10-14(13)20-2/h4-5,10H,3,6-9,11,16H2,1-2H3,(H,17,18). The van der Waals surface area contributed by atoms with Crippen molar-refractivity contribution in [3.8, 4) is 11.5 Å². The molecular formula is C15H24N2O4. The highest BCUT2D eigenvalue weighted by Crippen LogP contribution is 2.28. The van der Waals surface area contributed by atoms with Gasteiger partial charge in [-0.25, -0.2) is 0 Å². The van der Waals surface area contributed by atoms with Gasteiger partial charge in [0.05, 0.1) is 7.11 Å². The number of benzene rings is 1. The second kappa shape index (κ2) is 10.0. The van der Waals surface area contributed by atoms with Crippen LogP contribution in [0.4, 0.5) is 0 Å². The molecule has 1 rings (SSSR count). The molecule has 21 heavy (non-hydrogen) atoms. The maximum Gasteiger partial charge on any atom is 0.257 e. The molecule has 118 valence electrons. The number of methoxy groups -OCH3 is 2. The fourth-order valence-corrected chi connectivity index (χ4v) is 1.79. The van der Waals surface area contributed by atoms with Crippen molar-refractivity contribution in [2.24, 2.45) is 5.73 Å². The van der Waals surface area contributed by atoms with Gasteiger partial charge in [-0.1, -0.05) is 6.07 Å². The molecule has 0 heterocycles. The van der Waals surface area contributed by atoms with Gasteiger partial charge in [-0.3, -0.25) is 4.79 Å². The minimum Gasteiger partial charge on any atom is -0.493 e. The summed E-state index contributed by atoms with van der Waals surface area (Å²) in [7, 11) is 3.20. The van der Waals surface area contributed by atoms with Gasteiger partial charge >= 0.3 is 0 Å². The van der Waals surface area contributed by atoms with Gasteiger partial charge in [-0.2, -0.15) is 0 Å². The smallest absolute Gasteiger partial charge is 0.257 e. The highest BCUT2D eigenvalue weighted by molar-refractivity contribution is 5.77. The average Bonchev–Trinajstić information content (AvgIpc) is 2.50. The zero-order valence-electron chi connectivity index (χ0n) is 12.7. The molecule has 0 atom stereocenters. The number of carbonyl (C=O) groups is 1. The van der Waals surface area contributed by atoms with Crippen molar-refractivity contribution in [2.75, 3.05) is 40.5 Å². The molecular weight excluding hydrogens is 272 g/mol. The Hall–Kier alpha value is -1.79. The molecule has 1 amide bonds. The molecule has 0 unspecified atom stereocenters.